The predicted octanol–water partition coefficient (Wildman–Crippen LogP) is 2.16. The number of carbonyl (C=O) groups is 2. The van der Waals surface area contributed by atoms with Gasteiger partial charge in [-0.25, -0.2) is 4.39 Å². The molecule has 0 aromatic heterocycles. The number of rotatable bonds is 5. The predicted molar refractivity (Wildman–Crippen MR) is 88.6 cm³/mol. The summed E-state index contributed by atoms with van der Waals surface area (Å²) in [5.74, 6) is -0.660. The summed E-state index contributed by atoms with van der Waals surface area (Å²) >= 11 is 0. The molecule has 0 saturated carbocycles. The van der Waals surface area contributed by atoms with E-state index in [-0.39, 0.29) is 24.2 Å². The summed E-state index contributed by atoms with van der Waals surface area (Å²) in [7, 11) is 0. The first-order valence-electron chi connectivity index (χ1n) is 8.48. The minimum absolute atomic E-state index is 0.0107. The van der Waals surface area contributed by atoms with Crippen molar-refractivity contribution < 1.29 is 19.1 Å². The quantitative estimate of drug-likeness (QED) is 0.866. The smallest absolute Gasteiger partial charge is 0.239 e. The first kappa shape index (κ1) is 18.4. The van der Waals surface area contributed by atoms with Gasteiger partial charge in [0.1, 0.15) is 5.82 Å². The summed E-state index contributed by atoms with van der Waals surface area (Å²) in [6, 6.07) is 4.99. The Morgan fingerprint density at radius 1 is 1.25 bits per heavy atom. The summed E-state index contributed by atoms with van der Waals surface area (Å²) in [5, 5.41) is 13.0. The van der Waals surface area contributed by atoms with E-state index >= 15 is 0 Å². The Morgan fingerprint density at radius 2 is 1.92 bits per heavy atom. The van der Waals surface area contributed by atoms with Gasteiger partial charge in [-0.3, -0.25) is 9.59 Å². The molecule has 1 saturated heterocycles. The van der Waals surface area contributed by atoms with Crippen LogP contribution in [-0.2, 0) is 9.59 Å². The number of aliphatic hydroxyl groups is 1. The molecule has 1 heterocycles. The van der Waals surface area contributed by atoms with Crippen LogP contribution in [-0.4, -0.2) is 41.0 Å². The Labute approximate surface area is 141 Å². The van der Waals surface area contributed by atoms with Gasteiger partial charge in [-0.05, 0) is 37.5 Å². The number of amides is 2. The molecular weight excluding hydrogens is 311 g/mol. The van der Waals surface area contributed by atoms with Crippen molar-refractivity contribution in [1.82, 2.24) is 10.2 Å². The molecule has 1 fully saturated rings. The molecule has 2 rings (SSSR count). The Morgan fingerprint density at radius 3 is 2.62 bits per heavy atom. The molecule has 0 unspecified atom stereocenters. The summed E-state index contributed by atoms with van der Waals surface area (Å²) in [6.45, 7) is 2.29. The van der Waals surface area contributed by atoms with E-state index in [4.69, 9.17) is 0 Å². The SMILES string of the molecule is C[C@@H](NC(=O)CN1CCCCCCC1=O)[C@H](O)c1ccc(F)cc1. The lowest BCUT2D eigenvalue weighted by Gasteiger charge is -2.26. The van der Waals surface area contributed by atoms with Gasteiger partial charge in [-0.15, -0.1) is 0 Å². The molecule has 1 aliphatic heterocycles. The zero-order valence-electron chi connectivity index (χ0n) is 14.0. The molecule has 1 aromatic rings. The zero-order chi connectivity index (χ0) is 17.5. The van der Waals surface area contributed by atoms with Crippen molar-refractivity contribution in [2.45, 2.75) is 51.2 Å². The fraction of sp³-hybridized carbons (Fsp3) is 0.556. The standard InChI is InChI=1S/C18H25FN2O3/c1-13(18(24)14-7-9-15(19)10-8-14)20-16(22)12-21-11-5-3-2-4-6-17(21)23/h7-10,13,18,24H,2-6,11-12H2,1H3,(H,20,22)/t13-,18+/m1/s1. The number of nitrogens with one attached hydrogen (secondary N) is 1. The van der Waals surface area contributed by atoms with Crippen LogP contribution < -0.4 is 5.32 Å². The third-order valence-electron chi connectivity index (χ3n) is 4.33. The molecule has 1 aliphatic rings. The van der Waals surface area contributed by atoms with E-state index in [0.717, 1.165) is 25.7 Å². The highest BCUT2D eigenvalue weighted by Crippen LogP contribution is 2.17. The molecule has 2 N–H and O–H groups in total. The fourth-order valence-electron chi connectivity index (χ4n) is 2.88. The number of hydrogen-bond donors (Lipinski definition) is 2. The van der Waals surface area contributed by atoms with Crippen molar-refractivity contribution in [3.05, 3.63) is 35.6 Å². The second kappa shape index (κ2) is 8.78. The van der Waals surface area contributed by atoms with E-state index in [1.165, 1.54) is 24.3 Å². The number of hydrogen-bond acceptors (Lipinski definition) is 3. The molecule has 0 aliphatic carbocycles. The summed E-state index contributed by atoms with van der Waals surface area (Å²) in [5.41, 5.74) is 0.534. The highest BCUT2D eigenvalue weighted by Gasteiger charge is 2.22. The molecule has 1 aromatic carbocycles. The molecule has 5 nitrogen and oxygen atoms in total. The molecule has 132 valence electrons. The number of nitrogens with zero attached hydrogens (tertiary/aromatic N) is 1. The molecule has 0 radical (unpaired) electrons. The Bertz CT molecular complexity index is 562. The van der Waals surface area contributed by atoms with Crippen LogP contribution in [0.4, 0.5) is 4.39 Å². The van der Waals surface area contributed by atoms with Crippen molar-refractivity contribution >= 4 is 11.8 Å². The van der Waals surface area contributed by atoms with E-state index in [1.54, 1.807) is 11.8 Å². The van der Waals surface area contributed by atoms with Crippen molar-refractivity contribution in [3.8, 4) is 0 Å². The molecular formula is C18H25FN2O3. The van der Waals surface area contributed by atoms with Gasteiger partial charge in [0.25, 0.3) is 0 Å². The lowest BCUT2D eigenvalue weighted by Crippen LogP contribution is -2.45. The van der Waals surface area contributed by atoms with Gasteiger partial charge >= 0.3 is 0 Å². The molecule has 0 bridgehead atoms. The van der Waals surface area contributed by atoms with Gasteiger partial charge < -0.3 is 15.3 Å². The summed E-state index contributed by atoms with van der Waals surface area (Å²) < 4.78 is 12.9. The number of benzene rings is 1. The summed E-state index contributed by atoms with van der Waals surface area (Å²) in [4.78, 5) is 25.8. The van der Waals surface area contributed by atoms with Crippen LogP contribution in [0.2, 0.25) is 0 Å². The lowest BCUT2D eigenvalue weighted by atomic mass is 10.0. The minimum Gasteiger partial charge on any atom is -0.386 e. The maximum atomic E-state index is 12.9. The Kier molecular flexibility index (Phi) is 6.73. The third kappa shape index (κ3) is 5.30. The van der Waals surface area contributed by atoms with E-state index in [1.807, 2.05) is 0 Å². The number of likely N-dealkylation sites (tertiary alicyclic amines) is 1. The van der Waals surface area contributed by atoms with Crippen LogP contribution in [0.3, 0.4) is 0 Å². The van der Waals surface area contributed by atoms with E-state index < -0.39 is 12.1 Å². The van der Waals surface area contributed by atoms with Crippen LogP contribution in [0.5, 0.6) is 0 Å². The molecule has 2 atom stereocenters. The van der Waals surface area contributed by atoms with Gasteiger partial charge in [-0.2, -0.15) is 0 Å². The Balaban J connectivity index is 1.88. The van der Waals surface area contributed by atoms with Gasteiger partial charge in [0.15, 0.2) is 0 Å². The van der Waals surface area contributed by atoms with Gasteiger partial charge in [0.05, 0.1) is 18.7 Å². The van der Waals surface area contributed by atoms with Gasteiger partial charge in [0.2, 0.25) is 11.8 Å². The highest BCUT2D eigenvalue weighted by atomic mass is 19.1. The monoisotopic (exact) mass is 336 g/mol. The second-order valence-electron chi connectivity index (χ2n) is 6.33. The normalized spacial score (nSPS) is 18.5. The average Bonchev–Trinajstić information content (AvgIpc) is 2.54. The molecule has 24 heavy (non-hydrogen) atoms. The fourth-order valence-corrected chi connectivity index (χ4v) is 2.88. The van der Waals surface area contributed by atoms with Crippen molar-refractivity contribution in [1.29, 1.82) is 0 Å². The van der Waals surface area contributed by atoms with E-state index in [9.17, 15) is 19.1 Å². The average molecular weight is 336 g/mol. The summed E-state index contributed by atoms with van der Waals surface area (Å²) in [6.07, 6.45) is 3.47. The van der Waals surface area contributed by atoms with Gasteiger partial charge in [-0.1, -0.05) is 25.0 Å². The maximum absolute atomic E-state index is 12.9. The zero-order valence-corrected chi connectivity index (χ0v) is 14.0. The van der Waals surface area contributed by atoms with Crippen LogP contribution in [0.1, 0.15) is 50.7 Å². The number of aliphatic hydroxyl groups excluding tert-OH is 1. The first-order chi connectivity index (χ1) is 11.5. The lowest BCUT2D eigenvalue weighted by molar-refractivity contribution is -0.137. The minimum atomic E-state index is -0.933. The van der Waals surface area contributed by atoms with Crippen molar-refractivity contribution in [2.24, 2.45) is 0 Å². The first-order valence-corrected chi connectivity index (χ1v) is 8.48. The maximum Gasteiger partial charge on any atom is 0.239 e. The number of carbonyl (C=O) groups excluding carboxylic acids is 2. The second-order valence-corrected chi connectivity index (χ2v) is 6.33. The van der Waals surface area contributed by atoms with Gasteiger partial charge in [0, 0.05) is 13.0 Å². The molecule has 2 amide bonds. The highest BCUT2D eigenvalue weighted by molar-refractivity contribution is 5.85. The van der Waals surface area contributed by atoms with Crippen LogP contribution in [0.25, 0.3) is 0 Å². The van der Waals surface area contributed by atoms with E-state index in [2.05, 4.69) is 5.32 Å². The molecule has 0 spiro atoms. The van der Waals surface area contributed by atoms with Crippen LogP contribution >= 0.6 is 0 Å². The number of halogens is 1. The molecule has 6 heteroatoms. The topological polar surface area (TPSA) is 69.6 Å². The largest absolute Gasteiger partial charge is 0.386 e. The van der Waals surface area contributed by atoms with E-state index in [0.29, 0.717) is 18.5 Å². The third-order valence-corrected chi connectivity index (χ3v) is 4.33. The van der Waals surface area contributed by atoms with Crippen molar-refractivity contribution in [3.63, 3.8) is 0 Å². The van der Waals surface area contributed by atoms with Crippen LogP contribution in [0.15, 0.2) is 24.3 Å². The van der Waals surface area contributed by atoms with Crippen LogP contribution in [0, 0.1) is 5.82 Å². The van der Waals surface area contributed by atoms with Crippen molar-refractivity contribution in [2.75, 3.05) is 13.1 Å². The Hall–Kier alpha value is -1.95.